The lowest BCUT2D eigenvalue weighted by Gasteiger charge is -2.27. The summed E-state index contributed by atoms with van der Waals surface area (Å²) in [5.41, 5.74) is 0. The van der Waals surface area contributed by atoms with Crippen molar-refractivity contribution in [3.63, 3.8) is 0 Å². The Balaban J connectivity index is 1.71. The Hall–Kier alpha value is -0.640. The summed E-state index contributed by atoms with van der Waals surface area (Å²) < 4.78 is 6.89. The fraction of sp³-hybridized carbons (Fsp3) is 0.714. The van der Waals surface area contributed by atoms with Gasteiger partial charge in [0.05, 0.1) is 0 Å². The normalized spacial score (nSPS) is 28.1. The average Bonchev–Trinajstić information content (AvgIpc) is 3.11. The molecule has 0 bridgehead atoms. The maximum absolute atomic E-state index is 6.04. The van der Waals surface area contributed by atoms with Crippen molar-refractivity contribution in [3.8, 4) is 5.88 Å². The van der Waals surface area contributed by atoms with E-state index in [2.05, 4.69) is 32.8 Å². The fourth-order valence-electron chi connectivity index (χ4n) is 2.65. The average molecular weight is 311 g/mol. The van der Waals surface area contributed by atoms with Crippen molar-refractivity contribution in [3.05, 3.63) is 16.5 Å². The van der Waals surface area contributed by atoms with Gasteiger partial charge in [0.2, 0.25) is 5.88 Å². The molecule has 2 aliphatic carbocycles. The topological polar surface area (TPSA) is 35.0 Å². The zero-order valence-electron chi connectivity index (χ0n) is 10.7. The quantitative estimate of drug-likeness (QED) is 0.789. The first-order valence-corrected chi connectivity index (χ1v) is 7.71. The van der Waals surface area contributed by atoms with Crippen LogP contribution in [0.4, 0.5) is 0 Å². The predicted octanol–water partition coefficient (Wildman–Crippen LogP) is 4.07. The summed E-state index contributed by atoms with van der Waals surface area (Å²) in [6.45, 7) is 2.31. The number of aromatic nitrogens is 2. The van der Waals surface area contributed by atoms with Crippen LogP contribution in [0.15, 0.2) is 10.7 Å². The third-order valence-corrected chi connectivity index (χ3v) is 4.21. The van der Waals surface area contributed by atoms with E-state index in [4.69, 9.17) is 4.74 Å². The lowest BCUT2D eigenvalue weighted by Crippen LogP contribution is -2.24. The predicted molar refractivity (Wildman–Crippen MR) is 73.8 cm³/mol. The van der Waals surface area contributed by atoms with E-state index >= 15 is 0 Å². The molecule has 2 unspecified atom stereocenters. The molecule has 2 aliphatic rings. The highest BCUT2D eigenvalue weighted by Gasteiger charge is 2.28. The highest BCUT2D eigenvalue weighted by Crippen LogP contribution is 2.39. The first kappa shape index (κ1) is 12.4. The lowest BCUT2D eigenvalue weighted by atomic mass is 9.89. The van der Waals surface area contributed by atoms with Gasteiger partial charge in [-0.1, -0.05) is 13.3 Å². The number of halogens is 1. The molecule has 0 radical (unpaired) electrons. The van der Waals surface area contributed by atoms with Crippen LogP contribution in [0.5, 0.6) is 5.88 Å². The molecule has 2 fully saturated rings. The van der Waals surface area contributed by atoms with Crippen molar-refractivity contribution >= 4 is 15.9 Å². The van der Waals surface area contributed by atoms with Crippen LogP contribution >= 0.6 is 15.9 Å². The molecule has 1 heterocycles. The molecule has 2 saturated carbocycles. The van der Waals surface area contributed by atoms with Crippen LogP contribution in [-0.2, 0) is 0 Å². The van der Waals surface area contributed by atoms with Gasteiger partial charge in [0, 0.05) is 12.0 Å². The molecular formula is C14H19BrN2O. The van der Waals surface area contributed by atoms with E-state index in [1.807, 2.05) is 6.07 Å². The van der Waals surface area contributed by atoms with E-state index in [1.165, 1.54) is 25.7 Å². The van der Waals surface area contributed by atoms with Crippen LogP contribution in [0.3, 0.4) is 0 Å². The van der Waals surface area contributed by atoms with Crippen molar-refractivity contribution < 1.29 is 4.74 Å². The van der Waals surface area contributed by atoms with Crippen molar-refractivity contribution in [2.45, 2.75) is 57.5 Å². The van der Waals surface area contributed by atoms with Crippen LogP contribution in [0, 0.1) is 5.92 Å². The first-order valence-electron chi connectivity index (χ1n) is 6.92. The van der Waals surface area contributed by atoms with Gasteiger partial charge in [-0.3, -0.25) is 0 Å². The van der Waals surface area contributed by atoms with Crippen molar-refractivity contribution in [1.29, 1.82) is 0 Å². The molecular weight excluding hydrogens is 292 g/mol. The number of hydrogen-bond acceptors (Lipinski definition) is 3. The highest BCUT2D eigenvalue weighted by atomic mass is 79.9. The van der Waals surface area contributed by atoms with Gasteiger partial charge in [0.25, 0.3) is 0 Å². The summed E-state index contributed by atoms with van der Waals surface area (Å²) in [6.07, 6.45) is 7.69. The largest absolute Gasteiger partial charge is 0.474 e. The Labute approximate surface area is 116 Å². The zero-order valence-corrected chi connectivity index (χ0v) is 12.3. The minimum atomic E-state index is 0.336. The third-order valence-electron chi connectivity index (χ3n) is 3.81. The molecule has 0 spiro atoms. The van der Waals surface area contributed by atoms with Crippen LogP contribution in [-0.4, -0.2) is 16.1 Å². The Bertz CT molecular complexity index is 434. The molecule has 0 aromatic carbocycles. The lowest BCUT2D eigenvalue weighted by molar-refractivity contribution is 0.123. The monoisotopic (exact) mass is 310 g/mol. The van der Waals surface area contributed by atoms with Gasteiger partial charge >= 0.3 is 0 Å². The Morgan fingerprint density at radius 2 is 2.06 bits per heavy atom. The molecule has 4 heteroatoms. The number of rotatable bonds is 3. The number of nitrogens with zero attached hydrogens (tertiary/aromatic N) is 2. The fourth-order valence-corrected chi connectivity index (χ4v) is 3.03. The second-order valence-electron chi connectivity index (χ2n) is 5.67. The van der Waals surface area contributed by atoms with Crippen LogP contribution < -0.4 is 4.74 Å². The summed E-state index contributed by atoms with van der Waals surface area (Å²) in [5.74, 6) is 3.04. The molecule has 3 nitrogen and oxygen atoms in total. The molecule has 2 atom stereocenters. The molecule has 0 saturated heterocycles. The van der Waals surface area contributed by atoms with E-state index in [9.17, 15) is 0 Å². The molecule has 1 aromatic heterocycles. The van der Waals surface area contributed by atoms with Gasteiger partial charge in [-0.2, -0.15) is 4.98 Å². The van der Waals surface area contributed by atoms with Gasteiger partial charge in [0.15, 0.2) is 0 Å². The van der Waals surface area contributed by atoms with Crippen molar-refractivity contribution in [1.82, 2.24) is 9.97 Å². The maximum atomic E-state index is 6.04. The second kappa shape index (κ2) is 5.16. The van der Waals surface area contributed by atoms with Gasteiger partial charge in [-0.25, -0.2) is 4.98 Å². The molecule has 0 N–H and O–H groups in total. The Morgan fingerprint density at radius 3 is 2.78 bits per heavy atom. The van der Waals surface area contributed by atoms with Gasteiger partial charge < -0.3 is 4.74 Å². The summed E-state index contributed by atoms with van der Waals surface area (Å²) in [4.78, 5) is 8.98. The SMILES string of the molecule is CC1CCCC(Oc2cc(Br)nc(C3CC3)n2)C1. The zero-order chi connectivity index (χ0) is 12.5. The third kappa shape index (κ3) is 3.02. The van der Waals surface area contributed by atoms with Crippen LogP contribution in [0.2, 0.25) is 0 Å². The number of ether oxygens (including phenoxy) is 1. The summed E-state index contributed by atoms with van der Waals surface area (Å²) in [6, 6.07) is 1.89. The van der Waals surface area contributed by atoms with Crippen molar-refractivity contribution in [2.75, 3.05) is 0 Å². The van der Waals surface area contributed by atoms with E-state index < -0.39 is 0 Å². The minimum Gasteiger partial charge on any atom is -0.474 e. The van der Waals surface area contributed by atoms with Gasteiger partial charge in [-0.15, -0.1) is 0 Å². The maximum Gasteiger partial charge on any atom is 0.218 e. The van der Waals surface area contributed by atoms with E-state index in [0.29, 0.717) is 12.0 Å². The van der Waals surface area contributed by atoms with Crippen LogP contribution in [0.1, 0.15) is 57.2 Å². The molecule has 0 aliphatic heterocycles. The van der Waals surface area contributed by atoms with E-state index in [-0.39, 0.29) is 0 Å². The second-order valence-corrected chi connectivity index (χ2v) is 6.49. The molecule has 1 aromatic rings. The Morgan fingerprint density at radius 1 is 1.22 bits per heavy atom. The van der Waals surface area contributed by atoms with Gasteiger partial charge in [-0.05, 0) is 54.0 Å². The van der Waals surface area contributed by atoms with E-state index in [0.717, 1.165) is 35.1 Å². The molecule has 18 heavy (non-hydrogen) atoms. The molecule has 0 amide bonds. The molecule has 98 valence electrons. The Kier molecular flexibility index (Phi) is 3.55. The van der Waals surface area contributed by atoms with Crippen molar-refractivity contribution in [2.24, 2.45) is 5.92 Å². The van der Waals surface area contributed by atoms with E-state index in [1.54, 1.807) is 0 Å². The minimum absolute atomic E-state index is 0.336. The highest BCUT2D eigenvalue weighted by molar-refractivity contribution is 9.10. The van der Waals surface area contributed by atoms with Crippen LogP contribution in [0.25, 0.3) is 0 Å². The summed E-state index contributed by atoms with van der Waals surface area (Å²) in [7, 11) is 0. The molecule has 3 rings (SSSR count). The summed E-state index contributed by atoms with van der Waals surface area (Å²) in [5, 5.41) is 0. The standard InChI is InChI=1S/C14H19BrN2O/c1-9-3-2-4-11(7-9)18-13-8-12(15)16-14(17-13)10-5-6-10/h8-11H,2-7H2,1H3. The smallest absolute Gasteiger partial charge is 0.218 e. The van der Waals surface area contributed by atoms with Gasteiger partial charge in [0.1, 0.15) is 16.5 Å². The first-order chi connectivity index (χ1) is 8.70. The summed E-state index contributed by atoms with van der Waals surface area (Å²) >= 11 is 3.45. The number of hydrogen-bond donors (Lipinski definition) is 0.